The largest absolute Gasteiger partial charge is 0.401 e. The van der Waals surface area contributed by atoms with Gasteiger partial charge in [0.05, 0.1) is 0 Å². The van der Waals surface area contributed by atoms with Crippen molar-refractivity contribution in [3.63, 3.8) is 0 Å². The molecule has 0 fully saturated rings. The summed E-state index contributed by atoms with van der Waals surface area (Å²) in [5, 5.41) is 3.01. The Kier molecular flexibility index (Phi) is 30.1. The number of hydrogen-bond donors (Lipinski definition) is 0. The van der Waals surface area contributed by atoms with Crippen LogP contribution >= 0.6 is 62.3 Å². The van der Waals surface area contributed by atoms with Crippen LogP contribution in [-0.2, 0) is 61.8 Å². The van der Waals surface area contributed by atoms with E-state index in [9.17, 15) is 0 Å². The molecule has 0 N–H and O–H groups in total. The molecule has 8 aromatic carbocycles. The van der Waals surface area contributed by atoms with E-state index in [0.29, 0.717) is 0 Å². The van der Waals surface area contributed by atoms with Crippen LogP contribution in [0.15, 0.2) is 296 Å². The normalized spacial score (nSPS) is 24.4. The lowest BCUT2D eigenvalue weighted by Gasteiger charge is -2.46. The molecule has 13 heteroatoms. The first kappa shape index (κ1) is 90.4. The lowest BCUT2D eigenvalue weighted by Crippen LogP contribution is -2.48. The molecule has 114 heavy (non-hydrogen) atoms. The van der Waals surface area contributed by atoms with Gasteiger partial charge >= 0.3 is 0 Å². The smallest absolute Gasteiger partial charge is 0.194 e. The molecular weight excluding hydrogens is 1610 g/mol. The highest BCUT2D eigenvalue weighted by Crippen LogP contribution is 2.50. The highest BCUT2D eigenvalue weighted by Gasteiger charge is 2.48. The summed E-state index contributed by atoms with van der Waals surface area (Å²) in [6, 6.07) is 81.2. The SMILES string of the molecule is CC[Si](CC)(CC)OC1(c2ccc(Br)cc2)C=CC(C)(c2ccc(Cl)cc2)C=C1.CC[Si](CC)(CC)OC1(c2ccc(C)cc2)C=CC(C)(c2ccc(Cl)cc2)C=C1.CC[Si](CC)(CC)OC1(c2ccc(Cl)cc2)C=CC(O[Si](CC)(CC)CC)(c2ccc(-c3ccc(C4(C)C=CC(C)(c5ccc(Cl)cc5)C=C4)cc3)cc2)C=C1. The van der Waals surface area contributed by atoms with Crippen molar-refractivity contribution in [2.24, 2.45) is 0 Å². The van der Waals surface area contributed by atoms with E-state index < -0.39 is 55.7 Å². The van der Waals surface area contributed by atoms with Crippen LogP contribution in [-0.4, -0.2) is 33.3 Å². The molecule has 0 unspecified atom stereocenters. The molecule has 0 saturated carbocycles. The fraction of sp³-hybridized carbons (Fsp3) is 0.366. The second kappa shape index (κ2) is 38.0. The Morgan fingerprint density at radius 3 is 0.596 bits per heavy atom. The number of halogens is 5. The van der Waals surface area contributed by atoms with Crippen LogP contribution in [0.25, 0.3) is 11.1 Å². The lowest BCUT2D eigenvalue weighted by molar-refractivity contribution is 0.121. The Balaban J connectivity index is 0.000000199. The summed E-state index contributed by atoms with van der Waals surface area (Å²) >= 11 is 28.3. The standard InChI is InChI=1S/C50H60Cl2O2Si2.C26H33ClOSi.C25H30BrClOSi/c1-9-55(10-2,11-3)53-49(35-37-50(38-36-49,44-25-29-46(52)30-26-44)54-56(12-4,13-5)14-6)43-21-17-40(18-22-43)39-15-19-41(20-16-39)47(7)31-33-48(8,34-32-47)42-23-27-45(51)28-24-42;1-6-29(7-2,8-3)28-26(23-11-9-21(4)10-12-23)19-17-25(5,18-20-26)22-13-15-24(27)16-14-22;1-5-29(6-2,7-3)28-25(21-8-12-22(26)13-9-21)18-16-24(4,17-19-25)20-10-14-23(27)15-11-20/h15-38H,9-14H2,1-8H3;9-20H,6-8H2,1-5H3;8-19H,5-7H2,1-4H3. The minimum atomic E-state index is -2.07. The third-order valence-electron chi connectivity index (χ3n) is 26.4. The number of allylic oxidation sites excluding steroid dienone is 8. The molecule has 0 bridgehead atoms. The van der Waals surface area contributed by atoms with Gasteiger partial charge in [-0.25, -0.2) is 0 Å². The molecule has 0 spiro atoms. The minimum absolute atomic E-state index is 0.166. The van der Waals surface area contributed by atoms with Crippen molar-refractivity contribution >= 4 is 95.6 Å². The second-order valence-corrected chi connectivity index (χ2v) is 54.3. The lowest BCUT2D eigenvalue weighted by atomic mass is 9.71. The molecular formula is C101H123BrCl4O4Si4. The molecule has 4 nitrogen and oxygen atoms in total. The minimum Gasteiger partial charge on any atom is -0.401 e. The van der Waals surface area contributed by atoms with Gasteiger partial charge in [0.15, 0.2) is 33.3 Å². The van der Waals surface area contributed by atoms with Gasteiger partial charge in [-0.1, -0.05) is 333 Å². The second-order valence-electron chi connectivity index (χ2n) is 32.9. The van der Waals surface area contributed by atoms with Gasteiger partial charge < -0.3 is 17.7 Å². The maximum atomic E-state index is 7.53. The zero-order valence-electron chi connectivity index (χ0n) is 70.7. The number of hydrogen-bond acceptors (Lipinski definition) is 4. The topological polar surface area (TPSA) is 36.9 Å². The van der Waals surface area contributed by atoms with Gasteiger partial charge in [-0.2, -0.15) is 0 Å². The van der Waals surface area contributed by atoms with E-state index in [2.05, 4.69) is 376 Å². The van der Waals surface area contributed by atoms with Gasteiger partial charge in [0.1, 0.15) is 22.4 Å². The molecule has 0 aliphatic heterocycles. The first-order valence-electron chi connectivity index (χ1n) is 41.9. The average Bonchev–Trinajstić information content (AvgIpc) is 0.756. The van der Waals surface area contributed by atoms with Gasteiger partial charge in [-0.05, 0) is 272 Å². The van der Waals surface area contributed by atoms with E-state index in [1.54, 1.807) is 0 Å². The van der Waals surface area contributed by atoms with Crippen LogP contribution in [0.3, 0.4) is 0 Å². The molecule has 0 atom stereocenters. The molecule has 4 aliphatic carbocycles. The Morgan fingerprint density at radius 2 is 0.386 bits per heavy atom. The summed E-state index contributed by atoms with van der Waals surface area (Å²) in [4.78, 5) is 0. The molecule has 0 saturated heterocycles. The highest BCUT2D eigenvalue weighted by atomic mass is 79.9. The van der Waals surface area contributed by atoms with Crippen LogP contribution in [0.5, 0.6) is 0 Å². The highest BCUT2D eigenvalue weighted by molar-refractivity contribution is 9.10. The molecule has 0 aromatic heterocycles. The monoisotopic (exact) mass is 1730 g/mol. The average molecular weight is 1740 g/mol. The van der Waals surface area contributed by atoms with Crippen LogP contribution < -0.4 is 0 Å². The summed E-state index contributed by atoms with van der Waals surface area (Å²) in [7, 11) is -7.77. The number of aryl methyl sites for hydroxylation is 1. The van der Waals surface area contributed by atoms with E-state index in [4.69, 9.17) is 64.1 Å². The Bertz CT molecular complexity index is 4480. The van der Waals surface area contributed by atoms with Crippen LogP contribution in [0, 0.1) is 6.92 Å². The number of rotatable bonds is 29. The predicted molar refractivity (Wildman–Crippen MR) is 505 cm³/mol. The first-order valence-corrected chi connectivity index (χ1v) is 54.3. The molecule has 602 valence electrons. The van der Waals surface area contributed by atoms with Crippen LogP contribution in [0.1, 0.15) is 161 Å². The predicted octanol–water partition coefficient (Wildman–Crippen LogP) is 31.6. The van der Waals surface area contributed by atoms with Crippen molar-refractivity contribution in [1.29, 1.82) is 0 Å². The van der Waals surface area contributed by atoms with Crippen molar-refractivity contribution in [1.82, 2.24) is 0 Å². The fourth-order valence-corrected chi connectivity index (χ4v) is 29.2. The van der Waals surface area contributed by atoms with E-state index in [1.807, 2.05) is 48.5 Å². The maximum Gasteiger partial charge on any atom is 0.194 e. The molecule has 0 radical (unpaired) electrons. The Morgan fingerprint density at radius 1 is 0.228 bits per heavy atom. The third-order valence-corrected chi connectivity index (χ3v) is 46.4. The first-order chi connectivity index (χ1) is 54.4. The van der Waals surface area contributed by atoms with Crippen molar-refractivity contribution in [2.45, 2.75) is 234 Å². The zero-order valence-corrected chi connectivity index (χ0v) is 79.3. The van der Waals surface area contributed by atoms with E-state index in [-0.39, 0.29) is 21.7 Å². The van der Waals surface area contributed by atoms with Crippen molar-refractivity contribution in [3.05, 3.63) is 366 Å². The summed E-state index contributed by atoms with van der Waals surface area (Å²) in [5.41, 5.74) is 10.1. The van der Waals surface area contributed by atoms with Crippen LogP contribution in [0.2, 0.25) is 92.6 Å². The van der Waals surface area contributed by atoms with Gasteiger partial charge in [-0.3, -0.25) is 0 Å². The summed E-state index contributed by atoms with van der Waals surface area (Å²) < 4.78 is 30.3. The molecule has 4 aliphatic rings. The summed E-state index contributed by atoms with van der Waals surface area (Å²) in [6.07, 6.45) is 36.8. The molecule has 0 amide bonds. The summed E-state index contributed by atoms with van der Waals surface area (Å²) in [5.74, 6) is 0. The fourth-order valence-electron chi connectivity index (χ4n) is 16.8. The van der Waals surface area contributed by atoms with Crippen molar-refractivity contribution in [3.8, 4) is 11.1 Å². The van der Waals surface area contributed by atoms with Crippen LogP contribution in [0.4, 0.5) is 0 Å². The third kappa shape index (κ3) is 20.0. The maximum absolute atomic E-state index is 7.53. The van der Waals surface area contributed by atoms with Crippen molar-refractivity contribution < 1.29 is 17.7 Å². The molecule has 0 heterocycles. The number of benzene rings is 8. The van der Waals surface area contributed by atoms with Gasteiger partial charge in [-0.15, -0.1) is 0 Å². The van der Waals surface area contributed by atoms with E-state index >= 15 is 0 Å². The molecule has 12 rings (SSSR count). The quantitative estimate of drug-likeness (QED) is 0.0346. The van der Waals surface area contributed by atoms with Gasteiger partial charge in [0.2, 0.25) is 0 Å². The Labute approximate surface area is 718 Å². The zero-order chi connectivity index (χ0) is 82.5. The summed E-state index contributed by atoms with van der Waals surface area (Å²) in [6.45, 7) is 38.6. The van der Waals surface area contributed by atoms with E-state index in [0.717, 1.165) is 108 Å². The Hall–Kier alpha value is -5.97. The molecule has 8 aromatic rings. The van der Waals surface area contributed by atoms with Gasteiger partial charge in [0, 0.05) is 46.2 Å². The van der Waals surface area contributed by atoms with E-state index in [1.165, 1.54) is 50.1 Å². The van der Waals surface area contributed by atoms with Crippen molar-refractivity contribution in [2.75, 3.05) is 0 Å². The van der Waals surface area contributed by atoms with Gasteiger partial charge in [0.25, 0.3) is 0 Å².